The van der Waals surface area contributed by atoms with Crippen LogP contribution >= 0.6 is 0 Å². The zero-order chi connectivity index (χ0) is 15.3. The van der Waals surface area contributed by atoms with Gasteiger partial charge in [0, 0.05) is 0 Å². The number of aliphatic hydroxyl groups is 4. The van der Waals surface area contributed by atoms with Crippen LogP contribution in [0.2, 0.25) is 1.41 Å². The molecule has 0 aliphatic carbocycles. The van der Waals surface area contributed by atoms with Gasteiger partial charge in [0.1, 0.15) is 25.8 Å². The van der Waals surface area contributed by atoms with Gasteiger partial charge < -0.3 is 35.3 Å². The van der Waals surface area contributed by atoms with Crippen molar-refractivity contribution in [2.45, 2.75) is 43.3 Å². The molecule has 0 amide bonds. The Morgan fingerprint density at radius 2 is 2.21 bits per heavy atom. The summed E-state index contributed by atoms with van der Waals surface area (Å²) in [4.78, 5) is 22.4. The Kier molecular flexibility index (Phi) is 5.67. The van der Waals surface area contributed by atoms with Crippen LogP contribution in [0.15, 0.2) is 0 Å². The van der Waals surface area contributed by atoms with E-state index in [0.717, 1.165) is 5.31 Å². The molecular formula is C11H19NO7. The highest BCUT2D eigenvalue weighted by Crippen LogP contribution is 2.13. The molecular weight excluding hydrogens is 258 g/mol. The van der Waals surface area contributed by atoms with Crippen molar-refractivity contribution in [3.63, 3.8) is 0 Å². The van der Waals surface area contributed by atoms with Crippen molar-refractivity contribution in [1.82, 2.24) is 5.31 Å². The number of aliphatic hydroxyl groups excluding tert-OH is 4. The van der Waals surface area contributed by atoms with Crippen LogP contribution in [0.4, 0.5) is 0 Å². The molecule has 5 N–H and O–H groups in total. The SMILES string of the molecule is [2H]N1CCC[C@H]1C(=O)O[C@@H]([C@@H](O)[C@H](O)CO)[C@@H](O)C=O. The van der Waals surface area contributed by atoms with Gasteiger partial charge in [-0.15, -0.1) is 0 Å². The maximum absolute atomic E-state index is 11.8. The van der Waals surface area contributed by atoms with Gasteiger partial charge in [-0.25, -0.2) is 0 Å². The van der Waals surface area contributed by atoms with Crippen molar-refractivity contribution >= 4 is 12.3 Å². The fourth-order valence-electron chi connectivity index (χ4n) is 1.77. The predicted octanol–water partition coefficient (Wildman–Crippen LogP) is -3.08. The van der Waals surface area contributed by atoms with E-state index in [1.807, 2.05) is 0 Å². The maximum atomic E-state index is 11.8. The normalized spacial score (nSPS) is 27.2. The van der Waals surface area contributed by atoms with E-state index in [9.17, 15) is 24.9 Å². The molecule has 0 aromatic rings. The van der Waals surface area contributed by atoms with E-state index in [4.69, 9.17) is 11.3 Å². The van der Waals surface area contributed by atoms with Gasteiger partial charge >= 0.3 is 5.97 Å². The summed E-state index contributed by atoms with van der Waals surface area (Å²) in [5, 5.41) is 38.2. The summed E-state index contributed by atoms with van der Waals surface area (Å²) >= 11 is 0. The number of carbonyl (C=O) groups is 2. The molecule has 0 spiro atoms. The molecule has 1 fully saturated rings. The summed E-state index contributed by atoms with van der Waals surface area (Å²) < 4.78 is 12.3. The van der Waals surface area contributed by atoms with Crippen molar-refractivity contribution in [3.05, 3.63) is 0 Å². The summed E-state index contributed by atoms with van der Waals surface area (Å²) in [6.45, 7) is -0.433. The zero-order valence-electron chi connectivity index (χ0n) is 11.3. The van der Waals surface area contributed by atoms with Crippen LogP contribution in [-0.2, 0) is 14.3 Å². The number of aldehydes is 1. The molecule has 0 aromatic carbocycles. The molecule has 110 valence electrons. The first-order chi connectivity index (χ1) is 9.42. The predicted molar refractivity (Wildman–Crippen MR) is 62.1 cm³/mol. The first-order valence-corrected chi connectivity index (χ1v) is 5.98. The Morgan fingerprint density at radius 3 is 2.68 bits per heavy atom. The summed E-state index contributed by atoms with van der Waals surface area (Å²) in [6.07, 6.45) is -5.94. The maximum Gasteiger partial charge on any atom is 0.323 e. The van der Waals surface area contributed by atoms with Gasteiger partial charge in [-0.05, 0) is 19.4 Å². The van der Waals surface area contributed by atoms with Gasteiger partial charge in [0.25, 0.3) is 0 Å². The lowest BCUT2D eigenvalue weighted by Gasteiger charge is -2.28. The van der Waals surface area contributed by atoms with Crippen molar-refractivity contribution in [3.8, 4) is 0 Å². The average Bonchev–Trinajstić information content (AvgIpc) is 2.88. The summed E-state index contributed by atoms with van der Waals surface area (Å²) in [5.74, 6) is -0.868. The number of hydrogen-bond acceptors (Lipinski definition) is 8. The minimum atomic E-state index is -1.84. The fourth-order valence-corrected chi connectivity index (χ4v) is 1.77. The van der Waals surface area contributed by atoms with Crippen LogP contribution in [0, 0.1) is 0 Å². The topological polar surface area (TPSA) is 136 Å². The third kappa shape index (κ3) is 4.22. The van der Waals surface area contributed by atoms with Crippen molar-refractivity contribution in [1.29, 1.82) is 0 Å². The summed E-state index contributed by atoms with van der Waals surface area (Å²) in [7, 11) is 0. The van der Waals surface area contributed by atoms with Gasteiger partial charge in [-0.3, -0.25) is 4.79 Å². The molecule has 0 radical (unpaired) electrons. The minimum Gasteiger partial charge on any atom is -0.455 e. The van der Waals surface area contributed by atoms with Gasteiger partial charge in [-0.2, -0.15) is 0 Å². The largest absolute Gasteiger partial charge is 0.455 e. The van der Waals surface area contributed by atoms with Gasteiger partial charge in [0.05, 0.1) is 6.61 Å². The standard InChI is InChI=1S/C11H19NO7/c13-4-7(15)9(17)10(8(16)5-14)19-11(18)6-2-1-3-12-6/h5-10,12-13,15-17H,1-4H2/t6-,7+,8-,9-,10+/m0/s1/i/hD. The number of hydrogen-bond donors (Lipinski definition) is 5. The Balaban J connectivity index is 2.74. The van der Waals surface area contributed by atoms with E-state index in [-0.39, 0.29) is 6.29 Å². The molecule has 1 rings (SSSR count). The number of nitrogens with one attached hydrogen (secondary N) is 1. The number of ether oxygens (including phenoxy) is 1. The first-order valence-electron chi connectivity index (χ1n) is 6.43. The first kappa shape index (κ1) is 14.4. The van der Waals surface area contributed by atoms with Crippen LogP contribution in [0.3, 0.4) is 0 Å². The molecule has 5 atom stereocenters. The summed E-state index contributed by atoms with van der Waals surface area (Å²) in [5.41, 5.74) is 0. The summed E-state index contributed by atoms with van der Waals surface area (Å²) in [6, 6.07) is -0.838. The van der Waals surface area contributed by atoms with Crippen LogP contribution in [0.25, 0.3) is 0 Å². The zero-order valence-corrected chi connectivity index (χ0v) is 10.3. The van der Waals surface area contributed by atoms with E-state index < -0.39 is 43.0 Å². The second kappa shape index (κ2) is 7.51. The Labute approximate surface area is 111 Å². The quantitative estimate of drug-likeness (QED) is 0.244. The highest BCUT2D eigenvalue weighted by molar-refractivity contribution is 5.76. The molecule has 1 aliphatic heterocycles. The molecule has 0 bridgehead atoms. The Bertz CT molecular complexity index is 343. The molecule has 0 unspecified atom stereocenters. The number of rotatable bonds is 7. The molecule has 1 heterocycles. The molecule has 19 heavy (non-hydrogen) atoms. The average molecular weight is 278 g/mol. The lowest BCUT2D eigenvalue weighted by Crippen LogP contribution is -2.50. The third-order valence-corrected chi connectivity index (χ3v) is 2.90. The second-order valence-electron chi connectivity index (χ2n) is 4.33. The second-order valence-corrected chi connectivity index (χ2v) is 4.33. The smallest absolute Gasteiger partial charge is 0.323 e. The van der Waals surface area contributed by atoms with E-state index in [0.29, 0.717) is 19.4 Å². The van der Waals surface area contributed by atoms with E-state index in [1.165, 1.54) is 0 Å². The molecule has 0 aromatic heterocycles. The highest BCUT2D eigenvalue weighted by Gasteiger charge is 2.37. The minimum absolute atomic E-state index is 0.0539. The monoisotopic (exact) mass is 278 g/mol. The van der Waals surface area contributed by atoms with Crippen molar-refractivity contribution < 1.29 is 36.2 Å². The lowest BCUT2D eigenvalue weighted by atomic mass is 10.0. The molecule has 1 aliphatic rings. The number of esters is 1. The van der Waals surface area contributed by atoms with E-state index in [1.54, 1.807) is 0 Å². The molecule has 1 saturated heterocycles. The van der Waals surface area contributed by atoms with E-state index >= 15 is 0 Å². The van der Waals surface area contributed by atoms with E-state index in [2.05, 4.69) is 0 Å². The lowest BCUT2D eigenvalue weighted by molar-refractivity contribution is -0.175. The Morgan fingerprint density at radius 1 is 1.53 bits per heavy atom. The van der Waals surface area contributed by atoms with Gasteiger partial charge in [0.2, 0.25) is 0 Å². The molecule has 8 heteroatoms. The van der Waals surface area contributed by atoms with Crippen LogP contribution < -0.4 is 5.31 Å². The van der Waals surface area contributed by atoms with Crippen molar-refractivity contribution in [2.24, 2.45) is 0 Å². The number of carbonyl (C=O) groups excluding carboxylic acids is 2. The highest BCUT2D eigenvalue weighted by atomic mass is 16.6. The van der Waals surface area contributed by atoms with Crippen LogP contribution in [-0.4, -0.2) is 76.3 Å². The van der Waals surface area contributed by atoms with Gasteiger partial charge in [-0.1, -0.05) is 0 Å². The van der Waals surface area contributed by atoms with Crippen LogP contribution in [0.1, 0.15) is 12.8 Å². The Hall–Kier alpha value is -1.06. The molecule has 8 nitrogen and oxygen atoms in total. The van der Waals surface area contributed by atoms with Crippen molar-refractivity contribution in [2.75, 3.05) is 13.2 Å². The van der Waals surface area contributed by atoms with Gasteiger partial charge in [0.15, 0.2) is 12.4 Å². The van der Waals surface area contributed by atoms with Crippen LogP contribution in [0.5, 0.6) is 0 Å². The third-order valence-electron chi connectivity index (χ3n) is 2.90. The fraction of sp³-hybridized carbons (Fsp3) is 0.818. The molecule has 0 saturated carbocycles.